The first-order valence-corrected chi connectivity index (χ1v) is 8.35. The highest BCUT2D eigenvalue weighted by Gasteiger charge is 2.09. The van der Waals surface area contributed by atoms with E-state index in [1.54, 1.807) is 0 Å². The van der Waals surface area contributed by atoms with Crippen LogP contribution in [0.1, 0.15) is 23.9 Å². The second-order valence-corrected chi connectivity index (χ2v) is 6.33. The van der Waals surface area contributed by atoms with Gasteiger partial charge in [-0.25, -0.2) is 0 Å². The molecule has 0 saturated carbocycles. The normalized spacial score (nSPS) is 10.3. The Hall–Kier alpha value is -1.57. The Morgan fingerprint density at radius 1 is 1.36 bits per heavy atom. The number of anilines is 1. The predicted molar refractivity (Wildman–Crippen MR) is 93.4 cm³/mol. The van der Waals surface area contributed by atoms with Crippen LogP contribution < -0.4 is 10.6 Å². The maximum atomic E-state index is 11.9. The molecule has 8 heteroatoms. The number of hydrogen-bond acceptors (Lipinski definition) is 5. The van der Waals surface area contributed by atoms with E-state index in [1.807, 2.05) is 31.2 Å². The molecule has 2 N–H and O–H groups in total. The second kappa shape index (κ2) is 8.17. The van der Waals surface area contributed by atoms with Crippen molar-refractivity contribution in [1.82, 2.24) is 15.5 Å². The number of aromatic nitrogens is 2. The lowest BCUT2D eigenvalue weighted by Gasteiger charge is -2.07. The van der Waals surface area contributed by atoms with E-state index >= 15 is 0 Å². The molecule has 2 aromatic rings. The summed E-state index contributed by atoms with van der Waals surface area (Å²) < 4.78 is 0. The van der Waals surface area contributed by atoms with Crippen molar-refractivity contribution in [1.29, 1.82) is 0 Å². The third kappa shape index (κ3) is 5.01. The molecule has 1 aromatic carbocycles. The van der Waals surface area contributed by atoms with E-state index in [9.17, 15) is 4.79 Å². The third-order valence-corrected chi connectivity index (χ3v) is 4.38. The zero-order valence-electron chi connectivity index (χ0n) is 11.9. The number of nitrogens with zero attached hydrogens (tertiary/aromatic N) is 2. The summed E-state index contributed by atoms with van der Waals surface area (Å²) in [4.78, 5) is 11.9. The summed E-state index contributed by atoms with van der Waals surface area (Å²) in [6.45, 7) is 2.00. The second-order valence-electron chi connectivity index (χ2n) is 4.45. The van der Waals surface area contributed by atoms with Crippen molar-refractivity contribution in [3.63, 3.8) is 0 Å². The molecular formula is C14H15ClN4OS2. The molecule has 0 aliphatic heterocycles. The van der Waals surface area contributed by atoms with E-state index in [-0.39, 0.29) is 11.0 Å². The van der Waals surface area contributed by atoms with Crippen LogP contribution in [0, 0.1) is 0 Å². The summed E-state index contributed by atoms with van der Waals surface area (Å²) in [6, 6.07) is 7.46. The minimum Gasteiger partial charge on any atom is -0.307 e. The topological polar surface area (TPSA) is 66.9 Å². The fourth-order valence-electron chi connectivity index (χ4n) is 1.71. The molecule has 1 aromatic heterocycles. The van der Waals surface area contributed by atoms with Gasteiger partial charge in [-0.05, 0) is 36.7 Å². The first kappa shape index (κ1) is 16.8. The van der Waals surface area contributed by atoms with Crippen molar-refractivity contribution in [2.45, 2.75) is 26.2 Å². The number of aryl methyl sites for hydroxylation is 2. The summed E-state index contributed by atoms with van der Waals surface area (Å²) in [5.74, 6) is -0.169. The van der Waals surface area contributed by atoms with Gasteiger partial charge in [0.15, 0.2) is 5.11 Å². The molecule has 0 aliphatic carbocycles. The Bertz CT molecular complexity index is 674. The fourth-order valence-corrected chi connectivity index (χ4v) is 2.90. The maximum absolute atomic E-state index is 11.9. The van der Waals surface area contributed by atoms with E-state index in [0.29, 0.717) is 23.0 Å². The van der Waals surface area contributed by atoms with Crippen molar-refractivity contribution in [2.24, 2.45) is 0 Å². The number of halogens is 1. The van der Waals surface area contributed by atoms with Gasteiger partial charge in [0, 0.05) is 11.4 Å². The molecule has 0 bridgehead atoms. The van der Waals surface area contributed by atoms with E-state index in [0.717, 1.165) is 17.0 Å². The fraction of sp³-hybridized carbons (Fsp3) is 0.286. The van der Waals surface area contributed by atoms with Crippen molar-refractivity contribution < 1.29 is 4.79 Å². The molecule has 22 heavy (non-hydrogen) atoms. The number of amides is 1. The van der Waals surface area contributed by atoms with Gasteiger partial charge in [-0.2, -0.15) is 0 Å². The highest BCUT2D eigenvalue weighted by Crippen LogP contribution is 2.17. The molecule has 1 heterocycles. The van der Waals surface area contributed by atoms with Gasteiger partial charge in [0.2, 0.25) is 11.0 Å². The summed E-state index contributed by atoms with van der Waals surface area (Å²) in [6.07, 6.45) is 1.69. The lowest BCUT2D eigenvalue weighted by molar-refractivity contribution is -0.119. The number of carbonyl (C=O) groups is 1. The molecule has 2 rings (SSSR count). The number of rotatable bonds is 5. The Morgan fingerprint density at radius 3 is 2.82 bits per heavy atom. The molecule has 0 atom stereocenters. The maximum Gasteiger partial charge on any atom is 0.226 e. The van der Waals surface area contributed by atoms with Crippen molar-refractivity contribution >= 4 is 51.3 Å². The van der Waals surface area contributed by atoms with Gasteiger partial charge >= 0.3 is 0 Å². The van der Waals surface area contributed by atoms with Gasteiger partial charge in [0.05, 0.1) is 0 Å². The molecule has 0 fully saturated rings. The van der Waals surface area contributed by atoms with Crippen LogP contribution in [0.3, 0.4) is 0 Å². The van der Waals surface area contributed by atoms with Crippen LogP contribution in [-0.4, -0.2) is 21.2 Å². The summed E-state index contributed by atoms with van der Waals surface area (Å²) in [5.41, 5.74) is 0.940. The number of benzene rings is 1. The molecule has 0 saturated heterocycles. The number of carbonyl (C=O) groups excluding carboxylic acids is 1. The van der Waals surface area contributed by atoms with Crippen LogP contribution in [0.4, 0.5) is 5.13 Å². The van der Waals surface area contributed by atoms with E-state index in [2.05, 4.69) is 20.8 Å². The number of hydrogen-bond donors (Lipinski definition) is 2. The van der Waals surface area contributed by atoms with E-state index in [4.69, 9.17) is 23.8 Å². The average Bonchev–Trinajstić information content (AvgIpc) is 2.93. The summed E-state index contributed by atoms with van der Waals surface area (Å²) in [5, 5.41) is 15.8. The molecule has 5 nitrogen and oxygen atoms in total. The Balaban J connectivity index is 1.79. The molecule has 0 aliphatic rings. The molecule has 0 spiro atoms. The lowest BCUT2D eigenvalue weighted by Crippen LogP contribution is -2.34. The minimum absolute atomic E-state index is 0.169. The standard InChI is InChI=1S/C14H15ClN4OS2/c1-2-12-18-19-14(22-12)17-13(21)16-11(20)8-7-9-5-3-4-6-10(9)15/h3-6H,2,7-8H2,1H3,(H2,16,17,19,20,21). The smallest absolute Gasteiger partial charge is 0.226 e. The highest BCUT2D eigenvalue weighted by atomic mass is 35.5. The Labute approximate surface area is 143 Å². The van der Waals surface area contributed by atoms with Crippen molar-refractivity contribution in [2.75, 3.05) is 5.32 Å². The first-order valence-electron chi connectivity index (χ1n) is 6.75. The van der Waals surface area contributed by atoms with Crippen LogP contribution in [-0.2, 0) is 17.6 Å². The van der Waals surface area contributed by atoms with Crippen LogP contribution in [0.15, 0.2) is 24.3 Å². The van der Waals surface area contributed by atoms with Gasteiger partial charge in [-0.15, -0.1) is 10.2 Å². The SMILES string of the molecule is CCc1nnc(NC(=S)NC(=O)CCc2ccccc2Cl)s1. The third-order valence-electron chi connectivity index (χ3n) is 2.82. The van der Waals surface area contributed by atoms with Crippen LogP contribution in [0.25, 0.3) is 0 Å². The number of thiocarbonyl (C=S) groups is 1. The monoisotopic (exact) mass is 354 g/mol. The Kier molecular flexibility index (Phi) is 6.23. The molecule has 0 unspecified atom stereocenters. The van der Waals surface area contributed by atoms with Crippen LogP contribution >= 0.6 is 35.2 Å². The van der Waals surface area contributed by atoms with Gasteiger partial charge in [-0.3, -0.25) is 4.79 Å². The summed E-state index contributed by atoms with van der Waals surface area (Å²) in [7, 11) is 0. The average molecular weight is 355 g/mol. The highest BCUT2D eigenvalue weighted by molar-refractivity contribution is 7.80. The quantitative estimate of drug-likeness (QED) is 0.807. The molecule has 116 valence electrons. The van der Waals surface area contributed by atoms with Gasteiger partial charge in [0.1, 0.15) is 5.01 Å². The van der Waals surface area contributed by atoms with Gasteiger partial charge in [0.25, 0.3) is 0 Å². The van der Waals surface area contributed by atoms with Crippen molar-refractivity contribution in [3.05, 3.63) is 39.9 Å². The number of nitrogens with one attached hydrogen (secondary N) is 2. The largest absolute Gasteiger partial charge is 0.307 e. The molecule has 1 amide bonds. The lowest BCUT2D eigenvalue weighted by atomic mass is 10.1. The minimum atomic E-state index is -0.169. The molecule has 0 radical (unpaired) electrons. The first-order chi connectivity index (χ1) is 10.6. The zero-order valence-corrected chi connectivity index (χ0v) is 14.3. The predicted octanol–water partition coefficient (Wildman–Crippen LogP) is 3.20. The molecular weight excluding hydrogens is 340 g/mol. The van der Waals surface area contributed by atoms with Crippen LogP contribution in [0.5, 0.6) is 0 Å². The Morgan fingerprint density at radius 2 is 2.14 bits per heavy atom. The zero-order chi connectivity index (χ0) is 15.9. The van der Waals surface area contributed by atoms with Gasteiger partial charge < -0.3 is 10.6 Å². The summed E-state index contributed by atoms with van der Waals surface area (Å²) >= 11 is 12.5. The van der Waals surface area contributed by atoms with Crippen LogP contribution in [0.2, 0.25) is 5.02 Å². The van der Waals surface area contributed by atoms with Crippen molar-refractivity contribution in [3.8, 4) is 0 Å². The van der Waals surface area contributed by atoms with Gasteiger partial charge in [-0.1, -0.05) is 48.1 Å². The van der Waals surface area contributed by atoms with E-state index < -0.39 is 0 Å². The van der Waals surface area contributed by atoms with E-state index in [1.165, 1.54) is 11.3 Å².